The summed E-state index contributed by atoms with van der Waals surface area (Å²) in [5.74, 6) is 0. The van der Waals surface area contributed by atoms with Crippen LogP contribution in [0.2, 0.25) is 0 Å². The summed E-state index contributed by atoms with van der Waals surface area (Å²) in [6.07, 6.45) is 0. The molecule has 0 aliphatic rings. The maximum atomic E-state index is 5.68. The van der Waals surface area contributed by atoms with Crippen molar-refractivity contribution in [1.29, 1.82) is 0 Å². The van der Waals surface area contributed by atoms with Crippen LogP contribution in [-0.2, 0) is 0 Å². The molecule has 0 aliphatic carbocycles. The van der Waals surface area contributed by atoms with Crippen LogP contribution in [0, 0.1) is 0 Å². The Kier molecular flexibility index (Phi) is 2.41. The number of hydrogen-bond acceptors (Lipinski definition) is 1. The average molecular weight is 287 g/mol. The second-order valence-corrected chi connectivity index (χ2v) is 4.95. The zero-order valence-electron chi connectivity index (χ0n) is 9.07. The number of fused-ring (bicyclic) bond motifs is 1. The van der Waals surface area contributed by atoms with Gasteiger partial charge in [0.15, 0.2) is 0 Å². The number of aromatic nitrogens is 1. The number of nitrogens with two attached hydrogens (primary N) is 1. The molecule has 0 saturated carbocycles. The number of H-pyrrole nitrogens is 1. The third kappa shape index (κ3) is 1.94. The minimum absolute atomic E-state index is 0.785. The second-order valence-electron chi connectivity index (χ2n) is 4.04. The summed E-state index contributed by atoms with van der Waals surface area (Å²) in [6.45, 7) is 0. The molecule has 1 heterocycles. The summed E-state index contributed by atoms with van der Waals surface area (Å²) in [7, 11) is 0. The van der Waals surface area contributed by atoms with Crippen LogP contribution in [0.15, 0.2) is 53.0 Å². The summed E-state index contributed by atoms with van der Waals surface area (Å²) in [4.78, 5) is 3.40. The molecule has 84 valence electrons. The Labute approximate surface area is 108 Å². The highest BCUT2D eigenvalue weighted by atomic mass is 79.9. The Morgan fingerprint density at radius 1 is 0.941 bits per heavy atom. The molecule has 0 atom stereocenters. The van der Waals surface area contributed by atoms with Gasteiger partial charge < -0.3 is 10.7 Å². The van der Waals surface area contributed by atoms with Gasteiger partial charge in [0.2, 0.25) is 0 Å². The number of aromatic amines is 1. The predicted molar refractivity (Wildman–Crippen MR) is 75.8 cm³/mol. The molecule has 0 spiro atoms. The molecular weight excluding hydrogens is 276 g/mol. The van der Waals surface area contributed by atoms with Crippen LogP contribution >= 0.6 is 15.9 Å². The minimum Gasteiger partial charge on any atom is -0.399 e. The Bertz CT molecular complexity index is 668. The zero-order chi connectivity index (χ0) is 11.8. The second kappa shape index (κ2) is 3.93. The van der Waals surface area contributed by atoms with Crippen molar-refractivity contribution in [1.82, 2.24) is 4.98 Å². The summed E-state index contributed by atoms with van der Waals surface area (Å²) in [5.41, 5.74) is 9.86. The number of hydrogen-bond donors (Lipinski definition) is 2. The van der Waals surface area contributed by atoms with Crippen molar-refractivity contribution in [2.45, 2.75) is 0 Å². The van der Waals surface area contributed by atoms with Gasteiger partial charge in [-0.15, -0.1) is 0 Å². The van der Waals surface area contributed by atoms with Gasteiger partial charge in [0.25, 0.3) is 0 Å². The maximum absolute atomic E-state index is 5.68. The molecule has 0 saturated heterocycles. The number of nitrogen functional groups attached to an aromatic ring is 1. The molecule has 3 rings (SSSR count). The van der Waals surface area contributed by atoms with Gasteiger partial charge >= 0.3 is 0 Å². The first-order valence-corrected chi connectivity index (χ1v) is 6.16. The Balaban J connectivity index is 2.14. The molecule has 0 fully saturated rings. The number of rotatable bonds is 1. The number of halogens is 1. The van der Waals surface area contributed by atoms with Gasteiger partial charge in [-0.2, -0.15) is 0 Å². The zero-order valence-corrected chi connectivity index (χ0v) is 10.7. The number of benzene rings is 2. The van der Waals surface area contributed by atoms with E-state index in [2.05, 4.69) is 39.1 Å². The van der Waals surface area contributed by atoms with Crippen molar-refractivity contribution < 1.29 is 0 Å². The lowest BCUT2D eigenvalue weighted by Crippen LogP contribution is -1.83. The molecule has 3 N–H and O–H groups in total. The van der Waals surface area contributed by atoms with Crippen molar-refractivity contribution in [3.63, 3.8) is 0 Å². The van der Waals surface area contributed by atoms with Gasteiger partial charge in [0, 0.05) is 26.8 Å². The van der Waals surface area contributed by atoms with Crippen LogP contribution < -0.4 is 5.73 Å². The van der Waals surface area contributed by atoms with Gasteiger partial charge in [-0.25, -0.2) is 0 Å². The first-order chi connectivity index (χ1) is 8.22. The first kappa shape index (κ1) is 10.4. The van der Waals surface area contributed by atoms with E-state index in [9.17, 15) is 0 Å². The summed E-state index contributed by atoms with van der Waals surface area (Å²) >= 11 is 3.48. The highest BCUT2D eigenvalue weighted by molar-refractivity contribution is 9.10. The van der Waals surface area contributed by atoms with Gasteiger partial charge in [0.05, 0.1) is 0 Å². The van der Waals surface area contributed by atoms with Crippen LogP contribution in [0.5, 0.6) is 0 Å². The Morgan fingerprint density at radius 2 is 1.71 bits per heavy atom. The standard InChI is InChI=1S/C14H11BrN2/c15-11-3-6-13-10(7-11)8-14(17-13)9-1-4-12(16)5-2-9/h1-8,17H,16H2. The molecule has 0 radical (unpaired) electrons. The van der Waals surface area contributed by atoms with Gasteiger partial charge in [-0.05, 0) is 42.0 Å². The third-order valence-corrected chi connectivity index (χ3v) is 3.30. The van der Waals surface area contributed by atoms with Crippen LogP contribution in [0.1, 0.15) is 0 Å². The number of anilines is 1. The van der Waals surface area contributed by atoms with E-state index in [-0.39, 0.29) is 0 Å². The van der Waals surface area contributed by atoms with Crippen LogP contribution in [-0.4, -0.2) is 4.98 Å². The van der Waals surface area contributed by atoms with E-state index in [4.69, 9.17) is 5.73 Å². The predicted octanol–water partition coefficient (Wildman–Crippen LogP) is 4.18. The molecule has 0 aliphatic heterocycles. The molecule has 1 aromatic heterocycles. The van der Waals surface area contributed by atoms with E-state index >= 15 is 0 Å². The summed E-state index contributed by atoms with van der Waals surface area (Å²) in [5, 5.41) is 1.20. The van der Waals surface area contributed by atoms with E-state index in [1.54, 1.807) is 0 Å². The monoisotopic (exact) mass is 286 g/mol. The molecule has 3 aromatic rings. The molecular formula is C14H11BrN2. The molecule has 0 amide bonds. The van der Waals surface area contributed by atoms with Gasteiger partial charge in [-0.1, -0.05) is 28.1 Å². The largest absolute Gasteiger partial charge is 0.399 e. The average Bonchev–Trinajstić information content (AvgIpc) is 2.72. The van der Waals surface area contributed by atoms with Crippen LogP contribution in [0.4, 0.5) is 5.69 Å². The molecule has 0 bridgehead atoms. The lowest BCUT2D eigenvalue weighted by molar-refractivity contribution is 1.45. The minimum atomic E-state index is 0.785. The van der Waals surface area contributed by atoms with Crippen molar-refractivity contribution in [3.8, 4) is 11.3 Å². The van der Waals surface area contributed by atoms with E-state index in [1.165, 1.54) is 5.39 Å². The van der Waals surface area contributed by atoms with Crippen molar-refractivity contribution in [2.75, 3.05) is 5.73 Å². The van der Waals surface area contributed by atoms with Gasteiger partial charge in [0.1, 0.15) is 0 Å². The molecule has 2 nitrogen and oxygen atoms in total. The van der Waals surface area contributed by atoms with E-state index < -0.39 is 0 Å². The fourth-order valence-corrected chi connectivity index (χ4v) is 2.30. The smallest absolute Gasteiger partial charge is 0.0464 e. The SMILES string of the molecule is Nc1ccc(-c2cc3cc(Br)ccc3[nH]2)cc1. The lowest BCUT2D eigenvalue weighted by atomic mass is 10.1. The Hall–Kier alpha value is -1.74. The highest BCUT2D eigenvalue weighted by Gasteiger charge is 2.03. The van der Waals surface area contributed by atoms with Crippen molar-refractivity contribution in [3.05, 3.63) is 53.0 Å². The maximum Gasteiger partial charge on any atom is 0.0464 e. The molecule has 17 heavy (non-hydrogen) atoms. The van der Waals surface area contributed by atoms with E-state index in [1.807, 2.05) is 30.3 Å². The van der Waals surface area contributed by atoms with Crippen molar-refractivity contribution >= 4 is 32.5 Å². The van der Waals surface area contributed by atoms with Crippen LogP contribution in [0.25, 0.3) is 22.2 Å². The summed E-state index contributed by atoms with van der Waals surface area (Å²) in [6, 6.07) is 16.2. The van der Waals surface area contributed by atoms with Crippen LogP contribution in [0.3, 0.4) is 0 Å². The molecule has 2 aromatic carbocycles. The van der Waals surface area contributed by atoms with Crippen molar-refractivity contribution in [2.24, 2.45) is 0 Å². The normalized spacial score (nSPS) is 10.9. The third-order valence-electron chi connectivity index (χ3n) is 2.80. The quantitative estimate of drug-likeness (QED) is 0.648. The van der Waals surface area contributed by atoms with Gasteiger partial charge in [-0.3, -0.25) is 0 Å². The molecule has 3 heteroatoms. The summed E-state index contributed by atoms with van der Waals surface area (Å²) < 4.78 is 1.09. The fraction of sp³-hybridized carbons (Fsp3) is 0. The molecule has 0 unspecified atom stereocenters. The topological polar surface area (TPSA) is 41.8 Å². The lowest BCUT2D eigenvalue weighted by Gasteiger charge is -1.97. The Morgan fingerprint density at radius 3 is 2.47 bits per heavy atom. The van der Waals surface area contributed by atoms with E-state index in [0.29, 0.717) is 0 Å². The first-order valence-electron chi connectivity index (χ1n) is 5.36. The fourth-order valence-electron chi connectivity index (χ4n) is 1.92. The van der Waals surface area contributed by atoms with E-state index in [0.717, 1.165) is 26.9 Å². The highest BCUT2D eigenvalue weighted by Crippen LogP contribution is 2.26. The number of nitrogens with one attached hydrogen (secondary N) is 1.